The third-order valence-corrected chi connectivity index (χ3v) is 5.27. The molecule has 0 aromatic carbocycles. The second-order valence-corrected chi connectivity index (χ2v) is 6.69. The van der Waals surface area contributed by atoms with Crippen LogP contribution in [0.3, 0.4) is 0 Å². The first kappa shape index (κ1) is 15.1. The Kier molecular flexibility index (Phi) is 4.23. The van der Waals surface area contributed by atoms with Gasteiger partial charge < -0.3 is 14.6 Å². The van der Waals surface area contributed by atoms with Crippen molar-refractivity contribution in [2.24, 2.45) is 5.92 Å². The Morgan fingerprint density at radius 3 is 2.59 bits per heavy atom. The van der Waals surface area contributed by atoms with Crippen molar-refractivity contribution in [3.63, 3.8) is 0 Å². The average molecular weight is 304 g/mol. The summed E-state index contributed by atoms with van der Waals surface area (Å²) >= 11 is 0. The molecule has 22 heavy (non-hydrogen) atoms. The van der Waals surface area contributed by atoms with Gasteiger partial charge in [-0.1, -0.05) is 12.8 Å². The van der Waals surface area contributed by atoms with E-state index in [4.69, 9.17) is 0 Å². The lowest BCUT2D eigenvalue weighted by Gasteiger charge is -2.33. The van der Waals surface area contributed by atoms with Crippen molar-refractivity contribution in [3.8, 4) is 0 Å². The van der Waals surface area contributed by atoms with E-state index >= 15 is 0 Å². The summed E-state index contributed by atoms with van der Waals surface area (Å²) in [5.41, 5.74) is 0. The van der Waals surface area contributed by atoms with Crippen LogP contribution in [0.1, 0.15) is 51.5 Å². The lowest BCUT2D eigenvalue weighted by molar-refractivity contribution is -0.150. The van der Waals surface area contributed by atoms with E-state index in [1.807, 2.05) is 36.0 Å². The molecule has 1 N–H and O–H groups in total. The highest BCUT2D eigenvalue weighted by molar-refractivity contribution is 5.85. The van der Waals surface area contributed by atoms with Crippen LogP contribution in [0.15, 0.2) is 24.5 Å². The largest absolute Gasteiger partial charge is 0.480 e. The number of carboxylic acids is 1. The van der Waals surface area contributed by atoms with Gasteiger partial charge >= 0.3 is 5.97 Å². The van der Waals surface area contributed by atoms with Crippen molar-refractivity contribution in [1.82, 2.24) is 9.47 Å². The highest BCUT2D eigenvalue weighted by Crippen LogP contribution is 2.40. The molecule has 2 aliphatic rings. The van der Waals surface area contributed by atoms with Gasteiger partial charge in [-0.25, -0.2) is 4.79 Å². The summed E-state index contributed by atoms with van der Waals surface area (Å²) < 4.78 is 2.00. The first-order valence-corrected chi connectivity index (χ1v) is 8.24. The molecule has 0 bridgehead atoms. The van der Waals surface area contributed by atoms with Gasteiger partial charge in [0.2, 0.25) is 5.91 Å². The van der Waals surface area contributed by atoms with Gasteiger partial charge in [-0.2, -0.15) is 0 Å². The number of nitrogens with zero attached hydrogens (tertiary/aromatic N) is 2. The Labute approximate surface area is 130 Å². The third kappa shape index (κ3) is 2.76. The molecular formula is C17H24N2O3. The zero-order valence-electron chi connectivity index (χ0n) is 13.0. The Morgan fingerprint density at radius 1 is 1.23 bits per heavy atom. The number of amides is 1. The molecule has 1 aliphatic heterocycles. The smallest absolute Gasteiger partial charge is 0.326 e. The summed E-state index contributed by atoms with van der Waals surface area (Å²) in [5, 5.41) is 9.50. The number of aromatic nitrogens is 1. The normalized spacial score (nSPS) is 29.1. The van der Waals surface area contributed by atoms with Crippen LogP contribution < -0.4 is 0 Å². The average Bonchev–Trinajstić information content (AvgIpc) is 3.14. The van der Waals surface area contributed by atoms with Crippen molar-refractivity contribution in [2.75, 3.05) is 0 Å². The second kappa shape index (κ2) is 6.15. The van der Waals surface area contributed by atoms with E-state index in [2.05, 4.69) is 0 Å². The number of hydrogen-bond donors (Lipinski definition) is 1. The molecule has 1 aromatic rings. The van der Waals surface area contributed by atoms with E-state index < -0.39 is 12.0 Å². The third-order valence-electron chi connectivity index (χ3n) is 5.27. The number of aliphatic carboxylic acids is 1. The molecule has 3 rings (SSSR count). The number of carbonyl (C=O) groups is 2. The summed E-state index contributed by atoms with van der Waals surface area (Å²) in [6.07, 6.45) is 9.16. The van der Waals surface area contributed by atoms with Crippen molar-refractivity contribution in [3.05, 3.63) is 24.5 Å². The molecule has 1 saturated carbocycles. The predicted octanol–water partition coefficient (Wildman–Crippen LogP) is 2.68. The fourth-order valence-corrected chi connectivity index (χ4v) is 4.14. The SMILES string of the molecule is C[C@H](CC(=O)N1[C@H](C(=O)O)C[C@@H]2CCCC[C@@H]21)n1cccc1. The van der Waals surface area contributed by atoms with Gasteiger partial charge in [-0.3, -0.25) is 4.79 Å². The molecule has 5 nitrogen and oxygen atoms in total. The molecule has 1 amide bonds. The van der Waals surface area contributed by atoms with Gasteiger partial charge in [0.05, 0.1) is 0 Å². The van der Waals surface area contributed by atoms with E-state index in [1.54, 1.807) is 4.90 Å². The van der Waals surface area contributed by atoms with Crippen molar-refractivity contribution in [1.29, 1.82) is 0 Å². The number of carbonyl (C=O) groups excluding carboxylic acids is 1. The minimum absolute atomic E-state index is 0.0111. The molecule has 5 heteroatoms. The lowest BCUT2D eigenvalue weighted by atomic mass is 9.84. The molecule has 4 atom stereocenters. The monoisotopic (exact) mass is 304 g/mol. The Morgan fingerprint density at radius 2 is 1.91 bits per heavy atom. The van der Waals surface area contributed by atoms with Crippen LogP contribution in [0.2, 0.25) is 0 Å². The van der Waals surface area contributed by atoms with Crippen LogP contribution in [0.5, 0.6) is 0 Å². The van der Waals surface area contributed by atoms with Crippen molar-refractivity contribution in [2.45, 2.75) is 63.6 Å². The molecule has 120 valence electrons. The molecule has 2 fully saturated rings. The summed E-state index contributed by atoms with van der Waals surface area (Å²) in [6, 6.07) is 3.44. The van der Waals surface area contributed by atoms with Crippen LogP contribution in [-0.2, 0) is 9.59 Å². The zero-order valence-corrected chi connectivity index (χ0v) is 13.0. The first-order valence-electron chi connectivity index (χ1n) is 8.24. The summed E-state index contributed by atoms with van der Waals surface area (Å²) in [4.78, 5) is 26.0. The van der Waals surface area contributed by atoms with Gasteiger partial charge in [0, 0.05) is 30.9 Å². The topological polar surface area (TPSA) is 62.5 Å². The molecule has 1 saturated heterocycles. The van der Waals surface area contributed by atoms with Crippen molar-refractivity contribution >= 4 is 11.9 Å². The van der Waals surface area contributed by atoms with Crippen LogP contribution in [0.4, 0.5) is 0 Å². The highest BCUT2D eigenvalue weighted by atomic mass is 16.4. The van der Waals surface area contributed by atoms with Gasteiger partial charge in [-0.05, 0) is 44.2 Å². The first-order chi connectivity index (χ1) is 10.6. The Hall–Kier alpha value is -1.78. The predicted molar refractivity (Wildman–Crippen MR) is 82.4 cm³/mol. The number of likely N-dealkylation sites (tertiary alicyclic amines) is 1. The molecule has 0 unspecified atom stereocenters. The van der Waals surface area contributed by atoms with Crippen LogP contribution in [0, 0.1) is 5.92 Å². The summed E-state index contributed by atoms with van der Waals surface area (Å²) in [6.45, 7) is 2.00. The van der Waals surface area contributed by atoms with Gasteiger partial charge in [0.1, 0.15) is 6.04 Å². The van der Waals surface area contributed by atoms with Crippen LogP contribution >= 0.6 is 0 Å². The molecule has 0 radical (unpaired) electrons. The highest BCUT2D eigenvalue weighted by Gasteiger charge is 2.47. The number of fused-ring (bicyclic) bond motifs is 1. The van der Waals surface area contributed by atoms with Gasteiger partial charge in [0.15, 0.2) is 0 Å². The van der Waals surface area contributed by atoms with Crippen LogP contribution in [0.25, 0.3) is 0 Å². The Balaban J connectivity index is 1.74. The molecule has 1 aromatic heterocycles. The van der Waals surface area contributed by atoms with Crippen molar-refractivity contribution < 1.29 is 14.7 Å². The fourth-order valence-electron chi connectivity index (χ4n) is 4.14. The minimum atomic E-state index is -0.851. The molecule has 0 spiro atoms. The van der Waals surface area contributed by atoms with Gasteiger partial charge in [-0.15, -0.1) is 0 Å². The van der Waals surface area contributed by atoms with E-state index in [0.29, 0.717) is 18.8 Å². The summed E-state index contributed by atoms with van der Waals surface area (Å²) in [5.74, 6) is -0.486. The maximum Gasteiger partial charge on any atom is 0.326 e. The quantitative estimate of drug-likeness (QED) is 0.930. The van der Waals surface area contributed by atoms with E-state index in [0.717, 1.165) is 25.7 Å². The van der Waals surface area contributed by atoms with E-state index in [-0.39, 0.29) is 18.0 Å². The number of carboxylic acid groups (broad SMARTS) is 1. The lowest BCUT2D eigenvalue weighted by Crippen LogP contribution is -2.46. The number of rotatable bonds is 4. The maximum absolute atomic E-state index is 12.8. The van der Waals surface area contributed by atoms with E-state index in [1.165, 1.54) is 0 Å². The second-order valence-electron chi connectivity index (χ2n) is 6.69. The number of hydrogen-bond acceptors (Lipinski definition) is 2. The summed E-state index contributed by atoms with van der Waals surface area (Å²) in [7, 11) is 0. The zero-order chi connectivity index (χ0) is 15.7. The Bertz CT molecular complexity index is 540. The van der Waals surface area contributed by atoms with Crippen LogP contribution in [-0.4, -0.2) is 38.5 Å². The molecular weight excluding hydrogens is 280 g/mol. The van der Waals surface area contributed by atoms with Gasteiger partial charge in [0.25, 0.3) is 0 Å². The standard InChI is InChI=1S/C17H24N2O3/c1-12(18-8-4-5-9-18)10-16(20)19-14-7-3-2-6-13(14)11-15(19)17(21)22/h4-5,8-9,12-15H,2-3,6-7,10-11H2,1H3,(H,21,22)/t12-,13+,14+,15+/m1/s1. The van der Waals surface area contributed by atoms with E-state index in [9.17, 15) is 14.7 Å². The maximum atomic E-state index is 12.8. The molecule has 2 heterocycles. The molecule has 1 aliphatic carbocycles. The fraction of sp³-hybridized carbons (Fsp3) is 0.647. The minimum Gasteiger partial charge on any atom is -0.480 e.